The molecule has 0 nitrogen and oxygen atoms in total. The van der Waals surface area contributed by atoms with Gasteiger partial charge in [0.05, 0.1) is 0 Å². The number of hydrogen-bond acceptors (Lipinski definition) is 0. The van der Waals surface area contributed by atoms with E-state index in [-0.39, 0.29) is 37.2 Å². The molecule has 2 aromatic rings. The third-order valence-corrected chi connectivity index (χ3v) is 14.4. The van der Waals surface area contributed by atoms with Crippen LogP contribution in [0.3, 0.4) is 0 Å². The predicted octanol–water partition coefficient (Wildman–Crippen LogP) is 2.16. The van der Waals surface area contributed by atoms with Gasteiger partial charge in [-0.2, -0.15) is 0 Å². The summed E-state index contributed by atoms with van der Waals surface area (Å²) in [6.07, 6.45) is 27.9. The van der Waals surface area contributed by atoms with Crippen LogP contribution in [0.1, 0.15) is 122 Å². The number of unbranched alkanes of at least 4 members (excludes halogenated alkanes) is 15. The smallest absolute Gasteiger partial charge is 1.00 e. The second-order valence-corrected chi connectivity index (χ2v) is 17.4. The number of rotatable bonds is 21. The molecule has 42 heavy (non-hydrogen) atoms. The standard InChI is InChI=1S/C37H55Si.3ClH.Ti/c1-3-4-5-6-7-8-9-10-11-12-13-14-15-16-17-24-32-38(2,36-29-22-19-23-30-36)37-31-25-28-35(37)33-34-26-20-18-21-27-34;;;;/h18-23,26-27,29-31H,3-17,24-25,32-33H2,1-2H3;3*1H;/q;;;;+3/p-3. The number of halogens is 3. The third kappa shape index (κ3) is 14.7. The van der Waals surface area contributed by atoms with Crippen molar-refractivity contribution in [2.45, 2.75) is 135 Å². The van der Waals surface area contributed by atoms with Crippen molar-refractivity contribution >= 4 is 13.3 Å². The Bertz CT molecular complexity index is 993. The fraction of sp³-hybridized carbons (Fsp3) is 0.568. The van der Waals surface area contributed by atoms with Crippen molar-refractivity contribution < 1.29 is 57.7 Å². The van der Waals surface area contributed by atoms with Gasteiger partial charge in [-0.05, 0) is 0 Å². The largest absolute Gasteiger partial charge is 1.00 e. The zero-order valence-corrected chi connectivity index (χ0v) is 31.2. The number of benzene rings is 2. The van der Waals surface area contributed by atoms with Crippen molar-refractivity contribution in [1.82, 2.24) is 0 Å². The van der Waals surface area contributed by atoms with E-state index in [0.29, 0.717) is 0 Å². The summed E-state index contributed by atoms with van der Waals surface area (Å²) < 4.78 is 1.59. The van der Waals surface area contributed by atoms with Crippen molar-refractivity contribution in [3.05, 3.63) is 87.0 Å². The van der Waals surface area contributed by atoms with Crippen molar-refractivity contribution in [2.75, 3.05) is 0 Å². The average Bonchev–Trinajstić information content (AvgIpc) is 3.33. The van der Waals surface area contributed by atoms with Gasteiger partial charge in [-0.3, -0.25) is 0 Å². The topological polar surface area (TPSA) is 0 Å². The van der Waals surface area contributed by atoms with Crippen LogP contribution < -0.4 is 42.4 Å². The zero-order valence-electron chi connectivity index (χ0n) is 26.4. The molecule has 0 aliphatic heterocycles. The molecule has 0 fully saturated rings. The van der Waals surface area contributed by atoms with Gasteiger partial charge in [0.15, 0.2) is 0 Å². The van der Waals surface area contributed by atoms with E-state index >= 15 is 0 Å². The monoisotopic (exact) mass is 680 g/mol. The molecule has 232 valence electrons. The van der Waals surface area contributed by atoms with Crippen molar-refractivity contribution in [2.24, 2.45) is 0 Å². The van der Waals surface area contributed by atoms with Gasteiger partial charge in [0.25, 0.3) is 0 Å². The van der Waals surface area contributed by atoms with Gasteiger partial charge in [-0.25, -0.2) is 0 Å². The molecule has 1 unspecified atom stereocenters. The second-order valence-electron chi connectivity index (χ2n) is 12.2. The van der Waals surface area contributed by atoms with Crippen LogP contribution in [0.4, 0.5) is 0 Å². The Morgan fingerprint density at radius 1 is 0.595 bits per heavy atom. The molecule has 1 atom stereocenters. The molecule has 0 radical (unpaired) electrons. The van der Waals surface area contributed by atoms with E-state index < -0.39 is 8.07 Å². The van der Waals surface area contributed by atoms with E-state index in [0.717, 1.165) is 12.8 Å². The molecule has 0 aromatic heterocycles. The van der Waals surface area contributed by atoms with Crippen LogP contribution in [0.2, 0.25) is 12.6 Å². The zero-order chi connectivity index (χ0) is 27.6. The SMILES string of the molecule is CCCCCCCCCCCCCCCCCC[Si](C)(C1=CC[C]([Ti+3])=C1Cc1ccccc1)c1ccccc1.[Cl-].[Cl-].[Cl-]. The molecule has 0 saturated carbocycles. The van der Waals surface area contributed by atoms with Gasteiger partial charge in [-0.15, -0.1) is 0 Å². The normalized spacial score (nSPS) is 14.0. The van der Waals surface area contributed by atoms with Crippen LogP contribution in [0.5, 0.6) is 0 Å². The van der Waals surface area contributed by atoms with Gasteiger partial charge in [-0.1, -0.05) is 64.7 Å². The van der Waals surface area contributed by atoms with Gasteiger partial charge < -0.3 is 37.2 Å². The minimum Gasteiger partial charge on any atom is -1.00 e. The first-order valence-electron chi connectivity index (χ1n) is 16.4. The Morgan fingerprint density at radius 2 is 1.02 bits per heavy atom. The molecule has 3 rings (SSSR count). The number of allylic oxidation sites excluding steroid dienone is 4. The quantitative estimate of drug-likeness (QED) is 0.140. The Hall–Kier alpha value is -0.279. The van der Waals surface area contributed by atoms with Gasteiger partial charge in [0.1, 0.15) is 0 Å². The van der Waals surface area contributed by atoms with Crippen LogP contribution in [0.25, 0.3) is 0 Å². The van der Waals surface area contributed by atoms with Crippen LogP contribution in [-0.2, 0) is 26.9 Å². The summed E-state index contributed by atoms with van der Waals surface area (Å²) in [4.78, 5) is 0. The fourth-order valence-electron chi connectivity index (χ4n) is 6.44. The van der Waals surface area contributed by atoms with Crippen LogP contribution in [0, 0.1) is 0 Å². The molecule has 0 bridgehead atoms. The molecule has 2 aromatic carbocycles. The van der Waals surface area contributed by atoms with E-state index in [1.54, 1.807) is 19.8 Å². The Labute approximate surface area is 291 Å². The van der Waals surface area contributed by atoms with Crippen molar-refractivity contribution in [3.8, 4) is 0 Å². The molecular weight excluding hydrogens is 627 g/mol. The summed E-state index contributed by atoms with van der Waals surface area (Å²) in [7, 11) is -1.76. The van der Waals surface area contributed by atoms with Crippen LogP contribution >= 0.6 is 0 Å². The fourth-order valence-corrected chi connectivity index (χ4v) is 11.4. The summed E-state index contributed by atoms with van der Waals surface area (Å²) in [5.74, 6) is 0. The minimum absolute atomic E-state index is 0. The molecule has 5 heteroatoms. The summed E-state index contributed by atoms with van der Waals surface area (Å²) in [5, 5.41) is 3.36. The van der Waals surface area contributed by atoms with Crippen LogP contribution in [0.15, 0.2) is 81.4 Å². The van der Waals surface area contributed by atoms with Crippen molar-refractivity contribution in [1.29, 1.82) is 0 Å². The minimum atomic E-state index is -1.76. The summed E-state index contributed by atoms with van der Waals surface area (Å²) in [5.41, 5.74) is 3.10. The maximum Gasteiger partial charge on any atom is -1.00 e. The molecule has 0 spiro atoms. The molecular formula is C37H55Cl3SiTi. The first kappa shape index (κ1) is 41.7. The van der Waals surface area contributed by atoms with E-state index in [9.17, 15) is 0 Å². The molecule has 0 heterocycles. The summed E-state index contributed by atoms with van der Waals surface area (Å²) in [6, 6.07) is 24.0. The predicted molar refractivity (Wildman–Crippen MR) is 172 cm³/mol. The maximum absolute atomic E-state index is 2.66. The molecule has 0 N–H and O–H groups in total. The van der Waals surface area contributed by atoms with Crippen LogP contribution in [-0.4, -0.2) is 8.07 Å². The van der Waals surface area contributed by atoms with E-state index in [1.165, 1.54) is 114 Å². The second kappa shape index (κ2) is 25.0. The average molecular weight is 682 g/mol. The van der Waals surface area contributed by atoms with E-state index in [1.807, 2.05) is 0 Å². The first-order chi connectivity index (χ1) is 19.1. The van der Waals surface area contributed by atoms with Gasteiger partial charge >= 0.3 is 191 Å². The van der Waals surface area contributed by atoms with Gasteiger partial charge in [0, 0.05) is 0 Å². The third-order valence-electron chi connectivity index (χ3n) is 8.96. The van der Waals surface area contributed by atoms with Gasteiger partial charge in [0.2, 0.25) is 0 Å². The molecule has 1 aliphatic rings. The van der Waals surface area contributed by atoms with Crippen molar-refractivity contribution in [3.63, 3.8) is 0 Å². The first-order valence-corrected chi connectivity index (χ1v) is 19.9. The Balaban J connectivity index is 0.00000560. The molecule has 0 saturated heterocycles. The summed E-state index contributed by atoms with van der Waals surface area (Å²) >= 11 is 2.37. The maximum atomic E-state index is 2.66. The Morgan fingerprint density at radius 3 is 1.50 bits per heavy atom. The van der Waals surface area contributed by atoms with E-state index in [4.69, 9.17) is 0 Å². The molecule has 1 aliphatic carbocycles. The molecule has 0 amide bonds. The summed E-state index contributed by atoms with van der Waals surface area (Å²) in [6.45, 7) is 4.96. The Kier molecular flexibility index (Phi) is 24.8. The van der Waals surface area contributed by atoms with E-state index in [2.05, 4.69) is 101 Å². The number of hydrogen-bond donors (Lipinski definition) is 0.